The number of hydrogen-bond acceptors (Lipinski definition) is 2. The molecule has 0 amide bonds. The molecule has 2 heteroatoms. The molecule has 0 spiro atoms. The summed E-state index contributed by atoms with van der Waals surface area (Å²) in [6, 6.07) is 21.7. The van der Waals surface area contributed by atoms with Crippen LogP contribution < -0.4 is 10.1 Å². The summed E-state index contributed by atoms with van der Waals surface area (Å²) in [6.07, 6.45) is 1.02. The number of anilines is 1. The molecule has 0 aromatic heterocycles. The topological polar surface area (TPSA) is 21.3 Å². The van der Waals surface area contributed by atoms with Crippen molar-refractivity contribution in [3.05, 3.63) is 71.8 Å². The van der Waals surface area contributed by atoms with Crippen LogP contribution in [0.15, 0.2) is 60.7 Å². The number of hydrogen-bond donors (Lipinski definition) is 1. The van der Waals surface area contributed by atoms with Gasteiger partial charge in [-0.2, -0.15) is 0 Å². The van der Waals surface area contributed by atoms with Gasteiger partial charge < -0.3 is 10.1 Å². The van der Waals surface area contributed by atoms with Crippen molar-refractivity contribution in [1.82, 2.24) is 0 Å². The Morgan fingerprint density at radius 1 is 0.952 bits per heavy atom. The Morgan fingerprint density at radius 2 is 1.76 bits per heavy atom. The Hall–Kier alpha value is -2.48. The maximum absolute atomic E-state index is 5.33. The van der Waals surface area contributed by atoms with Crippen molar-refractivity contribution in [3.63, 3.8) is 0 Å². The molecule has 0 saturated heterocycles. The third-order valence-corrected chi connectivity index (χ3v) is 4.22. The Kier molecular flexibility index (Phi) is 2.81. The minimum absolute atomic E-state index is 0.326. The number of fused-ring (bicyclic) bond motifs is 2. The predicted molar refractivity (Wildman–Crippen MR) is 87.0 cm³/mol. The molecule has 0 aliphatic carbocycles. The SMILES string of the molecule is COc1cccc(C2Cc3cc4ccccc4cc3N2)c1. The molecule has 2 nitrogen and oxygen atoms in total. The van der Waals surface area contributed by atoms with Crippen LogP contribution in [0.5, 0.6) is 5.75 Å². The zero-order chi connectivity index (χ0) is 14.2. The molecular formula is C19H17NO. The zero-order valence-corrected chi connectivity index (χ0v) is 12.0. The van der Waals surface area contributed by atoms with Crippen molar-refractivity contribution in [2.24, 2.45) is 0 Å². The third-order valence-electron chi connectivity index (χ3n) is 4.22. The normalized spacial score (nSPS) is 16.5. The summed E-state index contributed by atoms with van der Waals surface area (Å²) >= 11 is 0. The lowest BCUT2D eigenvalue weighted by Gasteiger charge is -2.12. The van der Waals surface area contributed by atoms with Gasteiger partial charge in [0.1, 0.15) is 5.75 Å². The van der Waals surface area contributed by atoms with Gasteiger partial charge in [-0.15, -0.1) is 0 Å². The molecule has 1 atom stereocenters. The molecule has 0 fully saturated rings. The number of rotatable bonds is 2. The van der Waals surface area contributed by atoms with E-state index in [1.807, 2.05) is 6.07 Å². The van der Waals surface area contributed by atoms with E-state index in [2.05, 4.69) is 59.9 Å². The summed E-state index contributed by atoms with van der Waals surface area (Å²) in [4.78, 5) is 0. The molecule has 1 heterocycles. The van der Waals surface area contributed by atoms with Gasteiger partial charge in [-0.05, 0) is 52.6 Å². The van der Waals surface area contributed by atoms with E-state index in [0.29, 0.717) is 6.04 Å². The first kappa shape index (κ1) is 12.3. The molecule has 3 aromatic rings. The van der Waals surface area contributed by atoms with Crippen LogP contribution in [0, 0.1) is 0 Å². The van der Waals surface area contributed by atoms with Gasteiger partial charge in [0.05, 0.1) is 13.2 Å². The maximum atomic E-state index is 5.33. The second-order valence-corrected chi connectivity index (χ2v) is 5.53. The predicted octanol–water partition coefficient (Wildman–Crippen LogP) is 4.56. The van der Waals surface area contributed by atoms with E-state index in [9.17, 15) is 0 Å². The number of ether oxygens (including phenoxy) is 1. The molecule has 0 radical (unpaired) electrons. The van der Waals surface area contributed by atoms with Crippen LogP contribution in [0.2, 0.25) is 0 Å². The highest BCUT2D eigenvalue weighted by Crippen LogP contribution is 2.37. The van der Waals surface area contributed by atoms with Crippen LogP contribution >= 0.6 is 0 Å². The average molecular weight is 275 g/mol. The summed E-state index contributed by atoms with van der Waals surface area (Å²) in [5, 5.41) is 6.24. The molecule has 1 aliphatic rings. The van der Waals surface area contributed by atoms with Gasteiger partial charge in [-0.1, -0.05) is 36.4 Å². The van der Waals surface area contributed by atoms with E-state index in [-0.39, 0.29) is 0 Å². The lowest BCUT2D eigenvalue weighted by atomic mass is 10.0. The highest BCUT2D eigenvalue weighted by molar-refractivity contribution is 5.88. The van der Waals surface area contributed by atoms with E-state index >= 15 is 0 Å². The van der Waals surface area contributed by atoms with Crippen LogP contribution in [0.1, 0.15) is 17.2 Å². The van der Waals surface area contributed by atoms with Crippen molar-refractivity contribution in [3.8, 4) is 5.75 Å². The van der Waals surface area contributed by atoms with Gasteiger partial charge in [-0.3, -0.25) is 0 Å². The first-order chi connectivity index (χ1) is 10.3. The third kappa shape index (κ3) is 2.13. The first-order valence-corrected chi connectivity index (χ1v) is 7.25. The van der Waals surface area contributed by atoms with Crippen LogP contribution in [-0.2, 0) is 6.42 Å². The number of methoxy groups -OCH3 is 1. The summed E-state index contributed by atoms with van der Waals surface area (Å²) in [5.41, 5.74) is 3.91. The van der Waals surface area contributed by atoms with Gasteiger partial charge in [0.25, 0.3) is 0 Å². The summed E-state index contributed by atoms with van der Waals surface area (Å²) in [6.45, 7) is 0. The molecule has 0 saturated carbocycles. The fraction of sp³-hybridized carbons (Fsp3) is 0.158. The van der Waals surface area contributed by atoms with Gasteiger partial charge in [0.2, 0.25) is 0 Å². The molecule has 104 valence electrons. The van der Waals surface area contributed by atoms with E-state index in [0.717, 1.165) is 12.2 Å². The van der Waals surface area contributed by atoms with Crippen LogP contribution in [0.3, 0.4) is 0 Å². The van der Waals surface area contributed by atoms with Crippen molar-refractivity contribution >= 4 is 16.5 Å². The molecule has 3 aromatic carbocycles. The van der Waals surface area contributed by atoms with Crippen molar-refractivity contribution in [2.75, 3.05) is 12.4 Å². The Morgan fingerprint density at radius 3 is 2.57 bits per heavy atom. The minimum atomic E-state index is 0.326. The summed E-state index contributed by atoms with van der Waals surface area (Å²) in [7, 11) is 1.71. The fourth-order valence-corrected chi connectivity index (χ4v) is 3.11. The van der Waals surface area contributed by atoms with Crippen LogP contribution in [0.25, 0.3) is 10.8 Å². The number of benzene rings is 3. The minimum Gasteiger partial charge on any atom is -0.497 e. The standard InChI is InChI=1S/C19H17NO/c1-21-17-8-4-7-15(10-17)18-12-16-9-13-5-2-3-6-14(13)11-19(16)20-18/h2-11,18,20H,12H2,1H3. The van der Waals surface area contributed by atoms with Gasteiger partial charge in [0.15, 0.2) is 0 Å². The van der Waals surface area contributed by atoms with Gasteiger partial charge in [0, 0.05) is 5.69 Å². The lowest BCUT2D eigenvalue weighted by molar-refractivity contribution is 0.414. The molecule has 1 aliphatic heterocycles. The highest BCUT2D eigenvalue weighted by Gasteiger charge is 2.22. The Bertz CT molecular complexity index is 765. The average Bonchev–Trinajstić information content (AvgIpc) is 2.95. The van der Waals surface area contributed by atoms with Gasteiger partial charge in [-0.25, -0.2) is 0 Å². The molecule has 21 heavy (non-hydrogen) atoms. The van der Waals surface area contributed by atoms with Crippen LogP contribution in [-0.4, -0.2) is 7.11 Å². The van der Waals surface area contributed by atoms with Crippen molar-refractivity contribution in [2.45, 2.75) is 12.5 Å². The van der Waals surface area contributed by atoms with E-state index in [1.165, 1.54) is 27.6 Å². The Labute approximate surface area is 124 Å². The van der Waals surface area contributed by atoms with E-state index in [4.69, 9.17) is 4.74 Å². The fourth-order valence-electron chi connectivity index (χ4n) is 3.11. The van der Waals surface area contributed by atoms with Gasteiger partial charge >= 0.3 is 0 Å². The molecule has 4 rings (SSSR count). The molecule has 1 unspecified atom stereocenters. The zero-order valence-electron chi connectivity index (χ0n) is 12.0. The summed E-state index contributed by atoms with van der Waals surface area (Å²) < 4.78 is 5.33. The monoisotopic (exact) mass is 275 g/mol. The van der Waals surface area contributed by atoms with Crippen molar-refractivity contribution in [1.29, 1.82) is 0 Å². The number of nitrogens with one attached hydrogen (secondary N) is 1. The molecule has 1 N–H and O–H groups in total. The second-order valence-electron chi connectivity index (χ2n) is 5.53. The Balaban J connectivity index is 1.71. The van der Waals surface area contributed by atoms with Crippen molar-refractivity contribution < 1.29 is 4.74 Å². The first-order valence-electron chi connectivity index (χ1n) is 7.25. The van der Waals surface area contributed by atoms with E-state index in [1.54, 1.807) is 7.11 Å². The van der Waals surface area contributed by atoms with Crippen LogP contribution in [0.4, 0.5) is 5.69 Å². The summed E-state index contributed by atoms with van der Waals surface area (Å²) in [5.74, 6) is 0.912. The molecular weight excluding hydrogens is 258 g/mol. The smallest absolute Gasteiger partial charge is 0.119 e. The lowest BCUT2D eigenvalue weighted by Crippen LogP contribution is -2.05. The van der Waals surface area contributed by atoms with E-state index < -0.39 is 0 Å². The quantitative estimate of drug-likeness (QED) is 0.740. The molecule has 0 bridgehead atoms. The largest absolute Gasteiger partial charge is 0.497 e. The maximum Gasteiger partial charge on any atom is 0.119 e. The highest BCUT2D eigenvalue weighted by atomic mass is 16.5. The second kappa shape index (κ2) is 4.81.